The van der Waals surface area contributed by atoms with E-state index in [0.717, 1.165) is 38.4 Å². The normalized spacial score (nSPS) is 31.8. The molecular weight excluding hydrogens is 200 g/mol. The molecule has 2 unspecified atom stereocenters. The number of carbonyl (C=O) groups is 1. The zero-order valence-corrected chi connectivity index (χ0v) is 10.4. The van der Waals surface area contributed by atoms with Gasteiger partial charge in [0.1, 0.15) is 0 Å². The molecule has 2 fully saturated rings. The van der Waals surface area contributed by atoms with Gasteiger partial charge in [0.05, 0.1) is 0 Å². The Hall–Kier alpha value is -0.570. The molecule has 0 aromatic heterocycles. The van der Waals surface area contributed by atoms with E-state index >= 15 is 0 Å². The van der Waals surface area contributed by atoms with Crippen molar-refractivity contribution in [1.82, 2.24) is 10.2 Å². The van der Waals surface area contributed by atoms with E-state index in [-0.39, 0.29) is 0 Å². The lowest BCUT2D eigenvalue weighted by Gasteiger charge is -2.24. The topological polar surface area (TPSA) is 32.3 Å². The van der Waals surface area contributed by atoms with Crippen LogP contribution in [-0.2, 0) is 4.79 Å². The molecule has 2 aliphatic rings. The average molecular weight is 224 g/mol. The van der Waals surface area contributed by atoms with Crippen molar-refractivity contribution in [2.75, 3.05) is 19.6 Å². The molecule has 0 aromatic rings. The van der Waals surface area contributed by atoms with Crippen molar-refractivity contribution in [2.24, 2.45) is 5.92 Å². The van der Waals surface area contributed by atoms with E-state index in [4.69, 9.17) is 0 Å². The highest BCUT2D eigenvalue weighted by Crippen LogP contribution is 2.21. The molecular formula is C13H24N2O. The molecule has 0 saturated carbocycles. The summed E-state index contributed by atoms with van der Waals surface area (Å²) in [5.41, 5.74) is 0. The Kier molecular flexibility index (Phi) is 4.22. The van der Waals surface area contributed by atoms with Crippen LogP contribution in [0.3, 0.4) is 0 Å². The van der Waals surface area contributed by atoms with Gasteiger partial charge in [-0.05, 0) is 38.1 Å². The summed E-state index contributed by atoms with van der Waals surface area (Å²) in [6, 6.07) is 0.558. The number of hydrogen-bond acceptors (Lipinski definition) is 2. The molecule has 1 N–H and O–H groups in total. The van der Waals surface area contributed by atoms with Crippen molar-refractivity contribution in [1.29, 1.82) is 0 Å². The van der Waals surface area contributed by atoms with Gasteiger partial charge in [-0.25, -0.2) is 0 Å². The molecule has 92 valence electrons. The molecule has 2 saturated heterocycles. The van der Waals surface area contributed by atoms with Crippen LogP contribution in [-0.4, -0.2) is 36.5 Å². The van der Waals surface area contributed by atoms with Gasteiger partial charge in [-0.3, -0.25) is 4.79 Å². The molecule has 3 heteroatoms. The summed E-state index contributed by atoms with van der Waals surface area (Å²) in [7, 11) is 0. The summed E-state index contributed by atoms with van der Waals surface area (Å²) in [6.07, 6.45) is 6.80. The van der Waals surface area contributed by atoms with Gasteiger partial charge in [0.15, 0.2) is 0 Å². The first-order chi connectivity index (χ1) is 7.79. The second-order valence-corrected chi connectivity index (χ2v) is 5.23. The zero-order valence-electron chi connectivity index (χ0n) is 10.4. The van der Waals surface area contributed by atoms with Crippen LogP contribution in [0, 0.1) is 5.92 Å². The van der Waals surface area contributed by atoms with Crippen LogP contribution in [0.1, 0.15) is 45.4 Å². The van der Waals surface area contributed by atoms with Crippen LogP contribution in [0.4, 0.5) is 0 Å². The first-order valence-corrected chi connectivity index (χ1v) is 6.80. The quantitative estimate of drug-likeness (QED) is 0.792. The first-order valence-electron chi connectivity index (χ1n) is 6.80. The Labute approximate surface area is 98.6 Å². The lowest BCUT2D eigenvalue weighted by Crippen LogP contribution is -2.40. The number of nitrogens with zero attached hydrogens (tertiary/aromatic N) is 1. The minimum Gasteiger partial charge on any atom is -0.341 e. The van der Waals surface area contributed by atoms with Gasteiger partial charge in [0.2, 0.25) is 5.91 Å². The summed E-state index contributed by atoms with van der Waals surface area (Å²) in [5.74, 6) is 1.15. The number of nitrogens with one attached hydrogen (secondary N) is 1. The summed E-state index contributed by atoms with van der Waals surface area (Å²) >= 11 is 0. The second kappa shape index (κ2) is 5.67. The van der Waals surface area contributed by atoms with E-state index in [1.165, 1.54) is 25.7 Å². The molecule has 2 aliphatic heterocycles. The minimum atomic E-state index is 0.379. The Morgan fingerprint density at radius 3 is 2.94 bits per heavy atom. The molecule has 0 spiro atoms. The standard InChI is InChI=1S/C13H24N2O/c1-2-11-5-6-13(16)15(9-7-11)10-12-4-3-8-14-12/h11-12,14H,2-10H2,1H3. The minimum absolute atomic E-state index is 0.379. The van der Waals surface area contributed by atoms with Gasteiger partial charge >= 0.3 is 0 Å². The van der Waals surface area contributed by atoms with Crippen molar-refractivity contribution < 1.29 is 4.79 Å². The van der Waals surface area contributed by atoms with Crippen molar-refractivity contribution in [2.45, 2.75) is 51.5 Å². The predicted octanol–water partition coefficient (Wildman–Crippen LogP) is 1.78. The largest absolute Gasteiger partial charge is 0.341 e. The third-order valence-corrected chi connectivity index (χ3v) is 4.11. The van der Waals surface area contributed by atoms with E-state index < -0.39 is 0 Å². The van der Waals surface area contributed by atoms with Crippen molar-refractivity contribution in [3.05, 3.63) is 0 Å². The van der Waals surface area contributed by atoms with Gasteiger partial charge in [-0.2, -0.15) is 0 Å². The highest BCUT2D eigenvalue weighted by molar-refractivity contribution is 5.76. The molecule has 0 radical (unpaired) electrons. The number of rotatable bonds is 3. The van der Waals surface area contributed by atoms with E-state index in [1.807, 2.05) is 0 Å². The first kappa shape index (κ1) is 11.9. The molecule has 0 bridgehead atoms. The zero-order chi connectivity index (χ0) is 11.4. The molecule has 0 aromatic carbocycles. The van der Waals surface area contributed by atoms with E-state index in [0.29, 0.717) is 11.9 Å². The van der Waals surface area contributed by atoms with E-state index in [2.05, 4.69) is 17.1 Å². The Morgan fingerprint density at radius 1 is 1.38 bits per heavy atom. The fraction of sp³-hybridized carbons (Fsp3) is 0.923. The van der Waals surface area contributed by atoms with Gasteiger partial charge in [-0.15, -0.1) is 0 Å². The lowest BCUT2D eigenvalue weighted by molar-refractivity contribution is -0.131. The van der Waals surface area contributed by atoms with E-state index in [9.17, 15) is 4.79 Å². The monoisotopic (exact) mass is 224 g/mol. The maximum Gasteiger partial charge on any atom is 0.222 e. The van der Waals surface area contributed by atoms with Crippen LogP contribution in [0.5, 0.6) is 0 Å². The van der Waals surface area contributed by atoms with Crippen LogP contribution >= 0.6 is 0 Å². The highest BCUT2D eigenvalue weighted by atomic mass is 16.2. The second-order valence-electron chi connectivity index (χ2n) is 5.23. The average Bonchev–Trinajstić information content (AvgIpc) is 2.73. The maximum absolute atomic E-state index is 12.0. The number of likely N-dealkylation sites (tertiary alicyclic amines) is 1. The highest BCUT2D eigenvalue weighted by Gasteiger charge is 2.24. The maximum atomic E-state index is 12.0. The number of amides is 1. The smallest absolute Gasteiger partial charge is 0.222 e. The van der Waals surface area contributed by atoms with Crippen LogP contribution < -0.4 is 5.32 Å². The van der Waals surface area contributed by atoms with Crippen LogP contribution in [0.15, 0.2) is 0 Å². The SMILES string of the molecule is CCC1CCC(=O)N(CC2CCCN2)CC1. The summed E-state index contributed by atoms with van der Waals surface area (Å²) in [4.78, 5) is 14.1. The summed E-state index contributed by atoms with van der Waals surface area (Å²) < 4.78 is 0. The lowest BCUT2D eigenvalue weighted by atomic mass is 9.98. The predicted molar refractivity (Wildman–Crippen MR) is 65.2 cm³/mol. The van der Waals surface area contributed by atoms with Gasteiger partial charge in [-0.1, -0.05) is 13.3 Å². The van der Waals surface area contributed by atoms with Crippen LogP contribution in [0.25, 0.3) is 0 Å². The van der Waals surface area contributed by atoms with Gasteiger partial charge in [0, 0.05) is 25.6 Å². The molecule has 2 heterocycles. The molecule has 2 atom stereocenters. The van der Waals surface area contributed by atoms with Crippen molar-refractivity contribution in [3.8, 4) is 0 Å². The Balaban J connectivity index is 1.85. The summed E-state index contributed by atoms with van der Waals surface area (Å²) in [5, 5.41) is 3.48. The molecule has 16 heavy (non-hydrogen) atoms. The number of hydrogen-bond donors (Lipinski definition) is 1. The van der Waals surface area contributed by atoms with E-state index in [1.54, 1.807) is 0 Å². The Morgan fingerprint density at radius 2 is 2.25 bits per heavy atom. The molecule has 3 nitrogen and oxygen atoms in total. The third-order valence-electron chi connectivity index (χ3n) is 4.11. The fourth-order valence-electron chi connectivity index (χ4n) is 2.87. The molecule has 2 rings (SSSR count). The summed E-state index contributed by atoms with van der Waals surface area (Å²) in [6.45, 7) is 5.29. The van der Waals surface area contributed by atoms with Gasteiger partial charge < -0.3 is 10.2 Å². The van der Waals surface area contributed by atoms with Gasteiger partial charge in [0.25, 0.3) is 0 Å². The van der Waals surface area contributed by atoms with Crippen LogP contribution in [0.2, 0.25) is 0 Å². The van der Waals surface area contributed by atoms with Crippen molar-refractivity contribution >= 4 is 5.91 Å². The number of carbonyl (C=O) groups excluding carboxylic acids is 1. The molecule has 1 amide bonds. The fourth-order valence-corrected chi connectivity index (χ4v) is 2.87. The third kappa shape index (κ3) is 2.97. The van der Waals surface area contributed by atoms with Crippen molar-refractivity contribution in [3.63, 3.8) is 0 Å². The molecule has 0 aliphatic carbocycles. The Bertz CT molecular complexity index is 236.